The number of para-hydroxylation sites is 1. The number of nitriles is 1. The number of carbonyl (C=O) groups excluding carboxylic acids is 1. The van der Waals surface area contributed by atoms with Crippen molar-refractivity contribution in [2.45, 2.75) is 25.8 Å². The average Bonchev–Trinajstić information content (AvgIpc) is 2.45. The van der Waals surface area contributed by atoms with Crippen LogP contribution in [0.25, 0.3) is 0 Å². The Bertz CT molecular complexity index is 454. The first kappa shape index (κ1) is 15.0. The van der Waals surface area contributed by atoms with Gasteiger partial charge in [0.25, 0.3) is 5.91 Å². The van der Waals surface area contributed by atoms with Crippen LogP contribution in [-0.4, -0.2) is 19.1 Å². The van der Waals surface area contributed by atoms with Crippen molar-refractivity contribution >= 4 is 5.91 Å². The lowest BCUT2D eigenvalue weighted by Gasteiger charge is -2.15. The summed E-state index contributed by atoms with van der Waals surface area (Å²) in [7, 11) is 0. The fourth-order valence-corrected chi connectivity index (χ4v) is 1.59. The number of benzene rings is 1. The summed E-state index contributed by atoms with van der Waals surface area (Å²) in [5.41, 5.74) is 6.88. The predicted molar refractivity (Wildman–Crippen MR) is 72.4 cm³/mol. The Labute approximate surface area is 113 Å². The Kier molecular flexibility index (Phi) is 6.41. The quantitative estimate of drug-likeness (QED) is 0.728. The van der Waals surface area contributed by atoms with Gasteiger partial charge in [0.05, 0.1) is 12.5 Å². The van der Waals surface area contributed by atoms with Gasteiger partial charge in [-0.15, -0.1) is 0 Å². The number of carbonyl (C=O) groups is 1. The van der Waals surface area contributed by atoms with E-state index in [1.54, 1.807) is 6.07 Å². The first-order valence-corrected chi connectivity index (χ1v) is 6.30. The topological polar surface area (TPSA) is 88.1 Å². The zero-order chi connectivity index (χ0) is 14.1. The molecule has 1 rings (SSSR count). The first-order valence-electron chi connectivity index (χ1n) is 6.30. The summed E-state index contributed by atoms with van der Waals surface area (Å²) >= 11 is 0. The third-order valence-electron chi connectivity index (χ3n) is 2.68. The van der Waals surface area contributed by atoms with Gasteiger partial charge < -0.3 is 15.8 Å². The molecule has 0 aliphatic rings. The van der Waals surface area contributed by atoms with Crippen molar-refractivity contribution in [2.75, 3.05) is 13.2 Å². The van der Waals surface area contributed by atoms with Gasteiger partial charge in [0, 0.05) is 18.2 Å². The van der Waals surface area contributed by atoms with Crippen molar-refractivity contribution < 1.29 is 9.53 Å². The molecule has 5 nitrogen and oxygen atoms in total. The van der Waals surface area contributed by atoms with Gasteiger partial charge in [-0.1, -0.05) is 25.1 Å². The number of rotatable bonds is 7. The lowest BCUT2D eigenvalue weighted by atomic mass is 10.0. The molecule has 0 aliphatic heterocycles. The smallest absolute Gasteiger partial charge is 0.257 e. The van der Waals surface area contributed by atoms with Gasteiger partial charge in [-0.25, -0.2) is 0 Å². The molecule has 0 saturated heterocycles. The number of ether oxygens (including phenoxy) is 1. The highest BCUT2D eigenvalue weighted by Crippen LogP contribution is 2.25. The first-order chi connectivity index (χ1) is 9.19. The van der Waals surface area contributed by atoms with Crippen molar-refractivity contribution in [1.29, 1.82) is 5.26 Å². The molecule has 0 aliphatic carbocycles. The molecular weight excluding hydrogens is 242 g/mol. The van der Waals surface area contributed by atoms with Gasteiger partial charge in [-0.3, -0.25) is 4.79 Å². The van der Waals surface area contributed by atoms with Crippen LogP contribution >= 0.6 is 0 Å². The van der Waals surface area contributed by atoms with Crippen LogP contribution < -0.4 is 15.8 Å². The van der Waals surface area contributed by atoms with E-state index in [2.05, 4.69) is 5.32 Å². The molecule has 1 aromatic carbocycles. The van der Waals surface area contributed by atoms with E-state index < -0.39 is 0 Å². The van der Waals surface area contributed by atoms with Crippen LogP contribution in [0.15, 0.2) is 24.3 Å². The minimum atomic E-state index is -0.241. The largest absolute Gasteiger partial charge is 0.483 e. The number of hydrogen-bond acceptors (Lipinski definition) is 4. The molecule has 0 spiro atoms. The lowest BCUT2D eigenvalue weighted by molar-refractivity contribution is -0.123. The minimum absolute atomic E-state index is 0.0706. The van der Waals surface area contributed by atoms with Crippen molar-refractivity contribution in [3.8, 4) is 11.8 Å². The Balaban J connectivity index is 2.53. The third kappa shape index (κ3) is 4.98. The van der Waals surface area contributed by atoms with Crippen LogP contribution in [0.4, 0.5) is 0 Å². The maximum atomic E-state index is 11.5. The van der Waals surface area contributed by atoms with Crippen LogP contribution in [-0.2, 0) is 4.79 Å². The lowest BCUT2D eigenvalue weighted by Crippen LogP contribution is -2.29. The molecule has 0 fully saturated rings. The number of nitrogens with zero attached hydrogens (tertiary/aromatic N) is 1. The van der Waals surface area contributed by atoms with E-state index in [1.165, 1.54) is 0 Å². The van der Waals surface area contributed by atoms with E-state index in [1.807, 2.05) is 31.2 Å². The molecule has 0 heterocycles. The third-order valence-corrected chi connectivity index (χ3v) is 2.68. The number of nitrogens with one attached hydrogen (secondary N) is 1. The molecule has 0 unspecified atom stereocenters. The Morgan fingerprint density at radius 3 is 2.95 bits per heavy atom. The van der Waals surface area contributed by atoms with E-state index in [0.29, 0.717) is 18.7 Å². The second-order valence-corrected chi connectivity index (χ2v) is 4.10. The fourth-order valence-electron chi connectivity index (χ4n) is 1.59. The molecule has 102 valence electrons. The molecule has 1 amide bonds. The van der Waals surface area contributed by atoms with E-state index in [9.17, 15) is 4.79 Å². The standard InChI is InChI=1S/C14H19N3O2/c1-2-12(16)11-6-3-4-7-13(11)19-10-14(18)17-9-5-8-15/h3-4,6-7,12H,2,5,9-10,16H2,1H3,(H,17,18)/t12-/m1/s1. The number of hydrogen-bond donors (Lipinski definition) is 2. The summed E-state index contributed by atoms with van der Waals surface area (Å²) in [5.74, 6) is 0.391. The van der Waals surface area contributed by atoms with Gasteiger partial charge in [0.1, 0.15) is 5.75 Å². The van der Waals surface area contributed by atoms with Gasteiger partial charge in [-0.05, 0) is 12.5 Å². The Hall–Kier alpha value is -2.06. The monoisotopic (exact) mass is 261 g/mol. The molecule has 0 radical (unpaired) electrons. The number of nitrogens with two attached hydrogens (primary N) is 1. The maximum absolute atomic E-state index is 11.5. The van der Waals surface area contributed by atoms with Crippen molar-refractivity contribution in [2.24, 2.45) is 5.73 Å². The Morgan fingerprint density at radius 2 is 2.26 bits per heavy atom. The molecule has 1 atom stereocenters. The zero-order valence-electron chi connectivity index (χ0n) is 11.1. The summed E-state index contributed by atoms with van der Waals surface area (Å²) in [6.45, 7) is 2.27. The van der Waals surface area contributed by atoms with Crippen LogP contribution in [0.5, 0.6) is 5.75 Å². The minimum Gasteiger partial charge on any atom is -0.483 e. The summed E-state index contributed by atoms with van der Waals surface area (Å²) in [5, 5.41) is 11.0. The Morgan fingerprint density at radius 1 is 1.53 bits per heavy atom. The van der Waals surface area contributed by atoms with E-state index in [-0.39, 0.29) is 18.6 Å². The van der Waals surface area contributed by atoms with Crippen molar-refractivity contribution in [3.63, 3.8) is 0 Å². The summed E-state index contributed by atoms with van der Waals surface area (Å²) in [4.78, 5) is 11.5. The highest BCUT2D eigenvalue weighted by molar-refractivity contribution is 5.77. The van der Waals surface area contributed by atoms with Crippen LogP contribution in [0.1, 0.15) is 31.4 Å². The molecule has 19 heavy (non-hydrogen) atoms. The molecule has 0 bridgehead atoms. The highest BCUT2D eigenvalue weighted by atomic mass is 16.5. The van der Waals surface area contributed by atoms with E-state index in [4.69, 9.17) is 15.7 Å². The van der Waals surface area contributed by atoms with Crippen molar-refractivity contribution in [3.05, 3.63) is 29.8 Å². The molecule has 1 aromatic rings. The normalized spacial score (nSPS) is 11.4. The van der Waals surface area contributed by atoms with Crippen molar-refractivity contribution in [1.82, 2.24) is 5.32 Å². The molecule has 0 aromatic heterocycles. The van der Waals surface area contributed by atoms with Crippen LogP contribution in [0, 0.1) is 11.3 Å². The van der Waals surface area contributed by atoms with E-state index >= 15 is 0 Å². The maximum Gasteiger partial charge on any atom is 0.257 e. The summed E-state index contributed by atoms with van der Waals surface area (Å²) in [6, 6.07) is 9.29. The second kappa shape index (κ2) is 8.11. The van der Waals surface area contributed by atoms with Crippen LogP contribution in [0.2, 0.25) is 0 Å². The predicted octanol–water partition coefficient (Wildman–Crippen LogP) is 1.51. The molecule has 3 N–H and O–H groups in total. The average molecular weight is 261 g/mol. The van der Waals surface area contributed by atoms with Crippen LogP contribution in [0.3, 0.4) is 0 Å². The van der Waals surface area contributed by atoms with Gasteiger partial charge in [0.2, 0.25) is 0 Å². The van der Waals surface area contributed by atoms with E-state index in [0.717, 1.165) is 12.0 Å². The second-order valence-electron chi connectivity index (χ2n) is 4.10. The SMILES string of the molecule is CC[C@@H](N)c1ccccc1OCC(=O)NCCC#N. The summed E-state index contributed by atoms with van der Waals surface area (Å²) in [6.07, 6.45) is 1.10. The fraction of sp³-hybridized carbons (Fsp3) is 0.429. The molecule has 5 heteroatoms. The van der Waals surface area contributed by atoms with Gasteiger partial charge >= 0.3 is 0 Å². The van der Waals surface area contributed by atoms with Gasteiger partial charge in [0.15, 0.2) is 6.61 Å². The zero-order valence-corrected chi connectivity index (χ0v) is 11.1. The summed E-state index contributed by atoms with van der Waals surface area (Å²) < 4.78 is 5.48. The highest BCUT2D eigenvalue weighted by Gasteiger charge is 2.11. The molecular formula is C14H19N3O2. The van der Waals surface area contributed by atoms with Gasteiger partial charge in [-0.2, -0.15) is 5.26 Å². The molecule has 0 saturated carbocycles. The number of amides is 1.